The average molecular weight is 589 g/mol. The van der Waals surface area contributed by atoms with Crippen LogP contribution in [-0.2, 0) is 26.2 Å². The van der Waals surface area contributed by atoms with Gasteiger partial charge in [-0.1, -0.05) is 122 Å². The van der Waals surface area contributed by atoms with Crippen LogP contribution >= 0.6 is 0 Å². The van der Waals surface area contributed by atoms with Gasteiger partial charge in [0.05, 0.1) is 0 Å². The zero-order valence-electron chi connectivity index (χ0n) is 25.4. The van der Waals surface area contributed by atoms with Crippen LogP contribution in [0.4, 0.5) is 4.11 Å². The molecule has 0 radical (unpaired) electrons. The number of halogens is 1. The quantitative estimate of drug-likeness (QED) is 0.125. The topological polar surface area (TPSA) is 42.3 Å². The van der Waals surface area contributed by atoms with Crippen LogP contribution in [0.25, 0.3) is 16.0 Å². The molecule has 0 spiro atoms. The maximum absolute atomic E-state index is 11.7. The summed E-state index contributed by atoms with van der Waals surface area (Å²) in [5, 5.41) is 14.4. The predicted octanol–water partition coefficient (Wildman–Crippen LogP) is 8.95. The summed E-state index contributed by atoms with van der Waals surface area (Å²) in [7, 11) is -1.37. The minimum Gasteiger partial charge on any atom is -0.657 e. The van der Waals surface area contributed by atoms with E-state index in [0.29, 0.717) is 36.3 Å². The smallest absolute Gasteiger partial charge is 0.657 e. The molecule has 6 unspecified atom stereocenters. The summed E-state index contributed by atoms with van der Waals surface area (Å²) in [6, 6.07) is 10.7. The largest absolute Gasteiger partial charge is 4.00 e. The van der Waals surface area contributed by atoms with Crippen LogP contribution in [0.2, 0.25) is 0 Å². The molecule has 35 heavy (non-hydrogen) atoms. The molecule has 0 N–H and O–H groups in total. The maximum Gasteiger partial charge on any atom is 4.00 e. The van der Waals surface area contributed by atoms with Crippen LogP contribution in [0.1, 0.15) is 122 Å². The summed E-state index contributed by atoms with van der Waals surface area (Å²) in [6.07, 6.45) is 7.03. The first-order valence-corrected chi connectivity index (χ1v) is 15.1. The summed E-state index contributed by atoms with van der Waals surface area (Å²) in [6.45, 7) is 26.1. The van der Waals surface area contributed by atoms with Crippen LogP contribution < -0.4 is 5.19 Å². The Morgan fingerprint density at radius 2 is 0.743 bits per heavy atom. The van der Waals surface area contributed by atoms with Gasteiger partial charge in [-0.3, -0.25) is 0 Å². The molecule has 0 amide bonds. The second kappa shape index (κ2) is 30.5. The van der Waals surface area contributed by atoms with E-state index in [1.165, 1.54) is 38.5 Å². The summed E-state index contributed by atoms with van der Waals surface area (Å²) in [5.41, 5.74) is 0. The molecule has 0 bridgehead atoms. The third kappa shape index (κ3) is 32.2. The van der Waals surface area contributed by atoms with Crippen molar-refractivity contribution in [2.24, 2.45) is 0 Å². The third-order valence-electron chi connectivity index (χ3n) is 5.96. The van der Waals surface area contributed by atoms with E-state index in [2.05, 4.69) is 99.0 Å². The first-order valence-electron chi connectivity index (χ1n) is 13.9. The molecule has 0 saturated carbocycles. The van der Waals surface area contributed by atoms with Crippen molar-refractivity contribution < 1.29 is 30.3 Å². The normalized spacial score (nSPS) is 15.6. The molecule has 6 atom stereocenters. The summed E-state index contributed by atoms with van der Waals surface area (Å²) >= 11 is 0. The van der Waals surface area contributed by atoms with Crippen LogP contribution in [0, 0.1) is 0 Å². The van der Waals surface area contributed by atoms with Crippen molar-refractivity contribution in [1.82, 2.24) is 0 Å². The molecule has 0 aliphatic heterocycles. The number of rotatable bonds is 13. The van der Waals surface area contributed by atoms with Gasteiger partial charge in [0.1, 0.15) is 0 Å². The summed E-state index contributed by atoms with van der Waals surface area (Å²) in [5.74, 6) is 0. The summed E-state index contributed by atoms with van der Waals surface area (Å²) < 4.78 is 11.7. The van der Waals surface area contributed by atoms with Crippen LogP contribution in [0.3, 0.4) is 0 Å². The monoisotopic (exact) mass is 587 g/mol. The minimum absolute atomic E-state index is 0. The first kappa shape index (κ1) is 42.4. The predicted molar refractivity (Wildman–Crippen MR) is 160 cm³/mol. The van der Waals surface area contributed by atoms with Crippen molar-refractivity contribution in [3.05, 3.63) is 40.2 Å². The Hall–Kier alpha value is 0.260. The molecular formula is C29H60FN3SiZr. The second-order valence-electron chi connectivity index (χ2n) is 9.42. The molecular weight excluding hydrogens is 529 g/mol. The zero-order valence-corrected chi connectivity index (χ0v) is 29.3. The van der Waals surface area contributed by atoms with Gasteiger partial charge in [0.15, 0.2) is 9.85 Å². The number of nitrogens with zero attached hydrogens (tertiary/aromatic N) is 3. The molecule has 0 aliphatic carbocycles. The fourth-order valence-corrected chi connectivity index (χ4v) is 2.89. The van der Waals surface area contributed by atoms with E-state index < -0.39 is 9.85 Å². The molecule has 0 fully saturated rings. The van der Waals surface area contributed by atoms with Crippen molar-refractivity contribution in [2.45, 2.75) is 158 Å². The van der Waals surface area contributed by atoms with Gasteiger partial charge in [-0.25, -0.2) is 12.1 Å². The maximum atomic E-state index is 11.7. The van der Waals surface area contributed by atoms with E-state index in [1.54, 1.807) is 0 Å². The number of hydrogen-bond donors (Lipinski definition) is 0. The van der Waals surface area contributed by atoms with Gasteiger partial charge in [-0.2, -0.15) is 12.1 Å². The number of hydrogen-bond acceptors (Lipinski definition) is 0. The summed E-state index contributed by atoms with van der Waals surface area (Å²) in [4.78, 5) is 0. The molecule has 0 aromatic heterocycles. The molecule has 206 valence electrons. The van der Waals surface area contributed by atoms with Gasteiger partial charge in [-0.15, -0.1) is 41.4 Å². The van der Waals surface area contributed by atoms with Crippen molar-refractivity contribution in [3.8, 4) is 0 Å². The third-order valence-corrected chi connectivity index (χ3v) is 6.74. The molecule has 1 aromatic carbocycles. The van der Waals surface area contributed by atoms with Gasteiger partial charge in [0.2, 0.25) is 0 Å². The SMILES string of the molecule is CCC(C)[N-]C(C)CC.CCC(C)[N-]C(C)CC.CCC(C)[N-]C(C)CC.F[SiH2][c-]1cccc1.[Zr+4]. The van der Waals surface area contributed by atoms with E-state index in [0.717, 1.165) is 5.19 Å². The van der Waals surface area contributed by atoms with Gasteiger partial charge in [0.25, 0.3) is 0 Å². The van der Waals surface area contributed by atoms with Gasteiger partial charge >= 0.3 is 26.2 Å². The minimum atomic E-state index is -1.37. The Bertz CT molecular complexity index is 423. The van der Waals surface area contributed by atoms with E-state index in [9.17, 15) is 4.11 Å². The molecule has 0 aliphatic rings. The fraction of sp³-hybridized carbons (Fsp3) is 0.828. The molecule has 0 saturated heterocycles. The molecule has 1 aromatic rings. The van der Waals surface area contributed by atoms with Crippen molar-refractivity contribution in [3.63, 3.8) is 0 Å². The molecule has 6 heteroatoms. The van der Waals surface area contributed by atoms with Crippen molar-refractivity contribution in [1.29, 1.82) is 0 Å². The fourth-order valence-electron chi connectivity index (χ4n) is 2.44. The Morgan fingerprint density at radius 1 is 0.543 bits per heavy atom. The van der Waals surface area contributed by atoms with Gasteiger partial charge in [-0.05, 0) is 0 Å². The van der Waals surface area contributed by atoms with Crippen LogP contribution in [0.5, 0.6) is 0 Å². The second-order valence-corrected chi connectivity index (χ2v) is 10.5. The van der Waals surface area contributed by atoms with Gasteiger partial charge < -0.3 is 20.1 Å². The van der Waals surface area contributed by atoms with E-state index >= 15 is 0 Å². The van der Waals surface area contributed by atoms with Crippen LogP contribution in [0.15, 0.2) is 24.3 Å². The van der Waals surface area contributed by atoms with Crippen molar-refractivity contribution in [2.75, 3.05) is 0 Å². The zero-order chi connectivity index (χ0) is 26.9. The Kier molecular flexibility index (Phi) is 36.9. The van der Waals surface area contributed by atoms with E-state index in [-0.39, 0.29) is 26.2 Å². The average Bonchev–Trinajstić information content (AvgIpc) is 3.38. The standard InChI is InChI=1S/3C8H18N.C5H6FSi.Zr/c3*1-5-7(3)9-8(4)6-2;6-7-5-3-1-2-4-5;/h3*7-8H,5-6H2,1-4H3;1-4H,7H2;/q4*-1;+4. The Balaban J connectivity index is -0.000000182. The van der Waals surface area contributed by atoms with Crippen molar-refractivity contribution >= 4 is 15.0 Å². The molecule has 1 rings (SSSR count). The van der Waals surface area contributed by atoms with E-state index in [1.807, 2.05) is 24.3 Å². The molecule has 0 heterocycles. The first-order chi connectivity index (χ1) is 16.0. The Morgan fingerprint density at radius 3 is 0.857 bits per heavy atom. The van der Waals surface area contributed by atoms with E-state index in [4.69, 9.17) is 0 Å². The Labute approximate surface area is 242 Å². The van der Waals surface area contributed by atoms with Crippen LogP contribution in [-0.4, -0.2) is 46.1 Å². The van der Waals surface area contributed by atoms with Gasteiger partial charge in [0, 0.05) is 0 Å². The molecule has 3 nitrogen and oxygen atoms in total.